The smallest absolute Gasteiger partial charge is 0.252 e. The number of hydrogen-bond acceptors (Lipinski definition) is 2. The van der Waals surface area contributed by atoms with Crippen molar-refractivity contribution in [3.63, 3.8) is 0 Å². The monoisotopic (exact) mass is 344 g/mol. The number of nitrogens with one attached hydrogen (secondary N) is 2. The van der Waals surface area contributed by atoms with E-state index in [0.29, 0.717) is 5.56 Å². The first kappa shape index (κ1) is 17.1. The molecule has 1 atom stereocenters. The molecule has 1 aliphatic carbocycles. The summed E-state index contributed by atoms with van der Waals surface area (Å²) in [6.45, 7) is 0. The molecule has 2 amide bonds. The Balaban J connectivity index is 1.86. The van der Waals surface area contributed by atoms with E-state index in [1.165, 1.54) is 18.7 Å². The predicted molar refractivity (Wildman–Crippen MR) is 89.1 cm³/mol. The van der Waals surface area contributed by atoms with E-state index in [-0.39, 0.29) is 5.56 Å². The molecule has 25 heavy (non-hydrogen) atoms. The number of amides is 2. The van der Waals surface area contributed by atoms with E-state index < -0.39 is 29.5 Å². The van der Waals surface area contributed by atoms with Gasteiger partial charge in [0.1, 0.15) is 6.04 Å². The van der Waals surface area contributed by atoms with Gasteiger partial charge in [0, 0.05) is 12.6 Å². The van der Waals surface area contributed by atoms with E-state index in [0.717, 1.165) is 37.0 Å². The van der Waals surface area contributed by atoms with Gasteiger partial charge in [-0.15, -0.1) is 0 Å². The molecule has 0 saturated heterocycles. The SMILES string of the molecule is CNC(=O)C(NC(=O)c1ccc2c(c1)CCC2)c1ccc(F)c(F)c1. The number of likely N-dealkylation sites (N-methyl/N-ethyl adjacent to an activating group) is 1. The van der Waals surface area contributed by atoms with Crippen LogP contribution < -0.4 is 10.6 Å². The molecule has 2 aromatic carbocycles. The Hall–Kier alpha value is -2.76. The van der Waals surface area contributed by atoms with E-state index in [4.69, 9.17) is 0 Å². The quantitative estimate of drug-likeness (QED) is 0.896. The largest absolute Gasteiger partial charge is 0.357 e. The molecule has 2 aromatic rings. The predicted octanol–water partition coefficient (Wildman–Crippen LogP) is 2.67. The van der Waals surface area contributed by atoms with Crippen LogP contribution in [0, 0.1) is 11.6 Å². The fraction of sp³-hybridized carbons (Fsp3) is 0.263. The topological polar surface area (TPSA) is 58.2 Å². The summed E-state index contributed by atoms with van der Waals surface area (Å²) in [4.78, 5) is 24.7. The molecule has 0 spiro atoms. The Kier molecular flexibility index (Phi) is 4.79. The van der Waals surface area contributed by atoms with Gasteiger partial charge in [-0.25, -0.2) is 8.78 Å². The van der Waals surface area contributed by atoms with Crippen LogP contribution in [0.5, 0.6) is 0 Å². The highest BCUT2D eigenvalue weighted by atomic mass is 19.2. The van der Waals surface area contributed by atoms with Crippen LogP contribution in [0.1, 0.15) is 39.5 Å². The molecule has 0 bridgehead atoms. The van der Waals surface area contributed by atoms with Crippen LogP contribution in [0.4, 0.5) is 8.78 Å². The highest BCUT2D eigenvalue weighted by molar-refractivity contribution is 5.98. The third-order valence-electron chi connectivity index (χ3n) is 4.42. The summed E-state index contributed by atoms with van der Waals surface area (Å²) in [5, 5.41) is 5.02. The summed E-state index contributed by atoms with van der Waals surface area (Å²) in [5.41, 5.74) is 2.99. The first-order chi connectivity index (χ1) is 12.0. The van der Waals surface area contributed by atoms with E-state index in [1.807, 2.05) is 12.1 Å². The van der Waals surface area contributed by atoms with Gasteiger partial charge in [-0.05, 0) is 60.2 Å². The lowest BCUT2D eigenvalue weighted by Gasteiger charge is -2.18. The molecule has 0 aliphatic heterocycles. The van der Waals surface area contributed by atoms with Crippen molar-refractivity contribution in [1.82, 2.24) is 10.6 Å². The molecule has 3 rings (SSSR count). The Labute approximate surface area is 144 Å². The number of aryl methyl sites for hydroxylation is 2. The first-order valence-electron chi connectivity index (χ1n) is 8.09. The van der Waals surface area contributed by atoms with Crippen LogP contribution in [-0.2, 0) is 17.6 Å². The second kappa shape index (κ2) is 7.01. The first-order valence-corrected chi connectivity index (χ1v) is 8.09. The van der Waals surface area contributed by atoms with Crippen LogP contribution in [0.25, 0.3) is 0 Å². The van der Waals surface area contributed by atoms with Crippen molar-refractivity contribution >= 4 is 11.8 Å². The molecular formula is C19H18F2N2O2. The van der Waals surface area contributed by atoms with Crippen LogP contribution in [0.2, 0.25) is 0 Å². The Morgan fingerprint density at radius 1 is 1.00 bits per heavy atom. The lowest BCUT2D eigenvalue weighted by Crippen LogP contribution is -2.39. The maximum Gasteiger partial charge on any atom is 0.252 e. The van der Waals surface area contributed by atoms with Crippen molar-refractivity contribution in [3.8, 4) is 0 Å². The zero-order valence-electron chi connectivity index (χ0n) is 13.7. The summed E-state index contributed by atoms with van der Waals surface area (Å²) in [5.74, 6) is -3.03. The number of carbonyl (C=O) groups excluding carboxylic acids is 2. The number of fused-ring (bicyclic) bond motifs is 1. The van der Waals surface area contributed by atoms with Crippen molar-refractivity contribution < 1.29 is 18.4 Å². The van der Waals surface area contributed by atoms with Crippen LogP contribution in [0.3, 0.4) is 0 Å². The molecule has 0 fully saturated rings. The number of halogens is 2. The molecule has 6 heteroatoms. The second-order valence-corrected chi connectivity index (χ2v) is 6.03. The average molecular weight is 344 g/mol. The van der Waals surface area contributed by atoms with E-state index in [9.17, 15) is 18.4 Å². The summed E-state index contributed by atoms with van der Waals surface area (Å²) >= 11 is 0. The van der Waals surface area contributed by atoms with Gasteiger partial charge in [0.25, 0.3) is 5.91 Å². The summed E-state index contributed by atoms with van der Waals surface area (Å²) in [6.07, 6.45) is 3.00. The third-order valence-corrected chi connectivity index (χ3v) is 4.42. The van der Waals surface area contributed by atoms with Gasteiger partial charge in [-0.2, -0.15) is 0 Å². The molecular weight excluding hydrogens is 326 g/mol. The molecule has 130 valence electrons. The number of carbonyl (C=O) groups is 2. The van der Waals surface area contributed by atoms with Gasteiger partial charge < -0.3 is 10.6 Å². The summed E-state index contributed by atoms with van der Waals surface area (Å²) in [6, 6.07) is 7.47. The maximum absolute atomic E-state index is 13.5. The van der Waals surface area contributed by atoms with E-state index in [2.05, 4.69) is 10.6 Å². The highest BCUT2D eigenvalue weighted by Gasteiger charge is 2.24. The van der Waals surface area contributed by atoms with Gasteiger partial charge in [-0.3, -0.25) is 9.59 Å². The van der Waals surface area contributed by atoms with E-state index >= 15 is 0 Å². The minimum Gasteiger partial charge on any atom is -0.357 e. The van der Waals surface area contributed by atoms with Crippen molar-refractivity contribution in [2.24, 2.45) is 0 Å². The lowest BCUT2D eigenvalue weighted by molar-refractivity contribution is -0.122. The average Bonchev–Trinajstić information content (AvgIpc) is 3.09. The fourth-order valence-corrected chi connectivity index (χ4v) is 3.06. The Morgan fingerprint density at radius 2 is 1.76 bits per heavy atom. The fourth-order valence-electron chi connectivity index (χ4n) is 3.06. The van der Waals surface area contributed by atoms with Crippen molar-refractivity contribution in [3.05, 3.63) is 70.3 Å². The van der Waals surface area contributed by atoms with Crippen LogP contribution >= 0.6 is 0 Å². The van der Waals surface area contributed by atoms with Crippen LogP contribution in [-0.4, -0.2) is 18.9 Å². The van der Waals surface area contributed by atoms with Crippen LogP contribution in [0.15, 0.2) is 36.4 Å². The summed E-state index contributed by atoms with van der Waals surface area (Å²) < 4.78 is 26.6. The molecule has 0 heterocycles. The molecule has 2 N–H and O–H groups in total. The van der Waals surface area contributed by atoms with Gasteiger partial charge in [0.05, 0.1) is 0 Å². The zero-order chi connectivity index (χ0) is 18.0. The Bertz CT molecular complexity index is 836. The standard InChI is InChI=1S/C19H18F2N2O2/c1-22-19(25)17(13-7-8-15(20)16(21)10-13)23-18(24)14-6-5-11-3-2-4-12(11)9-14/h5-10,17H,2-4H2,1H3,(H,22,25)(H,23,24). The zero-order valence-corrected chi connectivity index (χ0v) is 13.7. The van der Waals surface area contributed by atoms with Crippen molar-refractivity contribution in [2.45, 2.75) is 25.3 Å². The molecule has 4 nitrogen and oxygen atoms in total. The van der Waals surface area contributed by atoms with E-state index in [1.54, 1.807) is 6.07 Å². The molecule has 1 aliphatic rings. The van der Waals surface area contributed by atoms with Crippen molar-refractivity contribution in [2.75, 3.05) is 7.05 Å². The van der Waals surface area contributed by atoms with Crippen molar-refractivity contribution in [1.29, 1.82) is 0 Å². The van der Waals surface area contributed by atoms with Gasteiger partial charge in [-0.1, -0.05) is 12.1 Å². The molecule has 0 saturated carbocycles. The number of benzene rings is 2. The van der Waals surface area contributed by atoms with Gasteiger partial charge in [0.15, 0.2) is 11.6 Å². The number of rotatable bonds is 4. The van der Waals surface area contributed by atoms with Gasteiger partial charge >= 0.3 is 0 Å². The third kappa shape index (κ3) is 3.52. The second-order valence-electron chi connectivity index (χ2n) is 6.03. The minimum atomic E-state index is -1.11. The lowest BCUT2D eigenvalue weighted by atomic mass is 10.0. The maximum atomic E-state index is 13.5. The van der Waals surface area contributed by atoms with Gasteiger partial charge in [0.2, 0.25) is 5.91 Å². The summed E-state index contributed by atoms with van der Waals surface area (Å²) in [7, 11) is 1.41. The molecule has 1 unspecified atom stereocenters. The normalized spacial score (nSPS) is 13.9. The number of hydrogen-bond donors (Lipinski definition) is 2. The minimum absolute atomic E-state index is 0.174. The molecule has 0 radical (unpaired) electrons. The molecule has 0 aromatic heterocycles. The Morgan fingerprint density at radius 3 is 2.48 bits per heavy atom. The highest BCUT2D eigenvalue weighted by Crippen LogP contribution is 2.23.